The molecule has 2 aliphatic rings. The van der Waals surface area contributed by atoms with Crippen molar-refractivity contribution in [3.63, 3.8) is 0 Å². The molecule has 1 aliphatic carbocycles. The molecule has 7 heteroatoms. The molecule has 34 heavy (non-hydrogen) atoms. The predicted octanol–water partition coefficient (Wildman–Crippen LogP) is 4.00. The van der Waals surface area contributed by atoms with Gasteiger partial charge in [-0.15, -0.1) is 0 Å². The van der Waals surface area contributed by atoms with Crippen molar-refractivity contribution in [2.24, 2.45) is 0 Å². The number of carbonyl (C=O) groups is 1. The molecule has 1 saturated heterocycles. The van der Waals surface area contributed by atoms with Gasteiger partial charge in [-0.2, -0.15) is 0 Å². The van der Waals surface area contributed by atoms with Gasteiger partial charge < -0.3 is 10.1 Å². The van der Waals surface area contributed by atoms with Crippen LogP contribution in [0.5, 0.6) is 5.75 Å². The van der Waals surface area contributed by atoms with Crippen molar-refractivity contribution in [3.05, 3.63) is 70.1 Å². The first-order valence-corrected chi connectivity index (χ1v) is 12.0. The lowest BCUT2D eigenvalue weighted by Gasteiger charge is -2.28. The van der Waals surface area contributed by atoms with E-state index < -0.39 is 6.17 Å². The number of likely N-dealkylation sites (tertiary alicyclic amines) is 1. The number of halogens is 1. The van der Waals surface area contributed by atoms with Crippen LogP contribution in [0, 0.1) is 6.92 Å². The maximum absolute atomic E-state index is 13.4. The van der Waals surface area contributed by atoms with Crippen LogP contribution in [0.1, 0.15) is 41.6 Å². The molecule has 5 rings (SSSR count). The number of hydrogen-bond acceptors (Lipinski definition) is 4. The second kappa shape index (κ2) is 9.58. The standard InChI is InChI=1S/C27H30FN3O3/c1-18-2-3-20(26(32)29-22-5-6-22)16-25(18)31-13-8-19-4-7-23(17-24(19)27(31)33)34-15-14-30-11-9-21(28)10-12-30/h2-4,7-8,13,16-17,21-22H,5-6,9-12,14-15H2,1H3,(H,29,32). The van der Waals surface area contributed by atoms with E-state index in [0.717, 1.165) is 43.4 Å². The van der Waals surface area contributed by atoms with Gasteiger partial charge in [-0.1, -0.05) is 12.1 Å². The molecular weight excluding hydrogens is 433 g/mol. The molecule has 0 bridgehead atoms. The molecule has 3 aromatic rings. The second-order valence-electron chi connectivity index (χ2n) is 9.35. The fourth-order valence-corrected chi connectivity index (χ4v) is 4.42. The number of alkyl halides is 1. The van der Waals surface area contributed by atoms with E-state index in [9.17, 15) is 14.0 Å². The number of hydrogen-bond donors (Lipinski definition) is 1. The Hall–Kier alpha value is -3.19. The topological polar surface area (TPSA) is 63.6 Å². The summed E-state index contributed by atoms with van der Waals surface area (Å²) in [6.45, 7) is 4.66. The average molecular weight is 464 g/mol. The van der Waals surface area contributed by atoms with E-state index in [1.54, 1.807) is 29.0 Å². The van der Waals surface area contributed by atoms with E-state index in [1.807, 2.05) is 31.2 Å². The molecule has 0 spiro atoms. The van der Waals surface area contributed by atoms with Gasteiger partial charge in [-0.3, -0.25) is 19.1 Å². The third-order valence-corrected chi connectivity index (χ3v) is 6.71. The maximum atomic E-state index is 13.4. The highest BCUT2D eigenvalue weighted by Crippen LogP contribution is 2.23. The third kappa shape index (κ3) is 4.99. The van der Waals surface area contributed by atoms with E-state index in [0.29, 0.717) is 41.8 Å². The highest BCUT2D eigenvalue weighted by atomic mass is 19.1. The van der Waals surface area contributed by atoms with Crippen LogP contribution < -0.4 is 15.6 Å². The summed E-state index contributed by atoms with van der Waals surface area (Å²) in [5.74, 6) is 0.529. The van der Waals surface area contributed by atoms with Gasteiger partial charge in [-0.25, -0.2) is 4.39 Å². The minimum Gasteiger partial charge on any atom is -0.492 e. The van der Waals surface area contributed by atoms with Crippen LogP contribution in [0.2, 0.25) is 0 Å². The Morgan fingerprint density at radius 3 is 2.65 bits per heavy atom. The summed E-state index contributed by atoms with van der Waals surface area (Å²) in [6.07, 6.45) is 4.28. The summed E-state index contributed by atoms with van der Waals surface area (Å²) in [6, 6.07) is 13.2. The van der Waals surface area contributed by atoms with E-state index in [1.165, 1.54) is 0 Å². The van der Waals surface area contributed by atoms with Crippen LogP contribution in [-0.2, 0) is 0 Å². The number of rotatable bonds is 7. The van der Waals surface area contributed by atoms with Crippen molar-refractivity contribution in [1.29, 1.82) is 0 Å². The van der Waals surface area contributed by atoms with Crippen molar-refractivity contribution in [3.8, 4) is 11.4 Å². The fourth-order valence-electron chi connectivity index (χ4n) is 4.42. The Morgan fingerprint density at radius 2 is 1.88 bits per heavy atom. The first-order chi connectivity index (χ1) is 16.5. The maximum Gasteiger partial charge on any atom is 0.263 e. The van der Waals surface area contributed by atoms with Crippen molar-refractivity contribution in [2.45, 2.75) is 44.8 Å². The lowest BCUT2D eigenvalue weighted by molar-refractivity contribution is 0.0951. The third-order valence-electron chi connectivity index (χ3n) is 6.71. The van der Waals surface area contributed by atoms with Crippen molar-refractivity contribution in [1.82, 2.24) is 14.8 Å². The largest absolute Gasteiger partial charge is 0.492 e. The van der Waals surface area contributed by atoms with Gasteiger partial charge in [0.15, 0.2) is 0 Å². The highest BCUT2D eigenvalue weighted by molar-refractivity contribution is 5.95. The molecule has 6 nitrogen and oxygen atoms in total. The number of pyridine rings is 1. The normalized spacial score (nSPS) is 17.1. The quantitative estimate of drug-likeness (QED) is 0.575. The van der Waals surface area contributed by atoms with Crippen LogP contribution >= 0.6 is 0 Å². The Labute approximate surface area is 198 Å². The molecular formula is C27H30FN3O3. The number of fused-ring (bicyclic) bond motifs is 1. The number of benzene rings is 2. The molecule has 178 valence electrons. The van der Waals surface area contributed by atoms with Crippen LogP contribution in [-0.4, -0.2) is 53.8 Å². The number of ether oxygens (including phenoxy) is 1. The number of amides is 1. The number of carbonyl (C=O) groups excluding carboxylic acids is 1. The summed E-state index contributed by atoms with van der Waals surface area (Å²) >= 11 is 0. The first-order valence-electron chi connectivity index (χ1n) is 12.0. The highest BCUT2D eigenvalue weighted by Gasteiger charge is 2.24. The van der Waals surface area contributed by atoms with Crippen LogP contribution in [0.4, 0.5) is 4.39 Å². The molecule has 0 unspecified atom stereocenters. The lowest BCUT2D eigenvalue weighted by Crippen LogP contribution is -2.37. The number of nitrogens with zero attached hydrogens (tertiary/aromatic N) is 2. The van der Waals surface area contributed by atoms with Gasteiger partial charge >= 0.3 is 0 Å². The van der Waals surface area contributed by atoms with Crippen molar-refractivity contribution >= 4 is 16.7 Å². The van der Waals surface area contributed by atoms with Crippen LogP contribution in [0.3, 0.4) is 0 Å². The van der Waals surface area contributed by atoms with E-state index in [-0.39, 0.29) is 17.5 Å². The molecule has 1 aromatic heterocycles. The predicted molar refractivity (Wildman–Crippen MR) is 131 cm³/mol. The van der Waals surface area contributed by atoms with Gasteiger partial charge in [0.1, 0.15) is 18.5 Å². The van der Waals surface area contributed by atoms with Gasteiger partial charge in [0.25, 0.3) is 11.5 Å². The molecule has 1 saturated carbocycles. The minimum absolute atomic E-state index is 0.107. The van der Waals surface area contributed by atoms with Crippen molar-refractivity contribution in [2.75, 3.05) is 26.2 Å². The zero-order valence-electron chi connectivity index (χ0n) is 19.4. The molecule has 2 fully saturated rings. The molecule has 0 radical (unpaired) electrons. The molecule has 1 amide bonds. The lowest BCUT2D eigenvalue weighted by atomic mass is 10.1. The number of piperidine rings is 1. The van der Waals surface area contributed by atoms with Crippen molar-refractivity contribution < 1.29 is 13.9 Å². The summed E-state index contributed by atoms with van der Waals surface area (Å²) in [7, 11) is 0. The van der Waals surface area contributed by atoms with E-state index in [4.69, 9.17) is 4.74 Å². The Bertz CT molecular complexity index is 1260. The second-order valence-corrected chi connectivity index (χ2v) is 9.35. The zero-order chi connectivity index (χ0) is 23.7. The average Bonchev–Trinajstić information content (AvgIpc) is 3.65. The van der Waals surface area contributed by atoms with Gasteiger partial charge in [0, 0.05) is 37.4 Å². The zero-order valence-corrected chi connectivity index (χ0v) is 19.4. The molecule has 0 atom stereocenters. The number of aromatic nitrogens is 1. The number of aryl methyl sites for hydroxylation is 1. The molecule has 1 aliphatic heterocycles. The van der Waals surface area contributed by atoms with Gasteiger partial charge in [-0.05, 0) is 73.9 Å². The fraction of sp³-hybridized carbons (Fsp3) is 0.407. The molecule has 2 heterocycles. The monoisotopic (exact) mass is 463 g/mol. The Morgan fingerprint density at radius 1 is 1.09 bits per heavy atom. The van der Waals surface area contributed by atoms with Crippen LogP contribution in [0.15, 0.2) is 53.5 Å². The Kier molecular flexibility index (Phi) is 6.37. The Balaban J connectivity index is 1.36. The summed E-state index contributed by atoms with van der Waals surface area (Å²) in [5.41, 5.74) is 2.00. The summed E-state index contributed by atoms with van der Waals surface area (Å²) < 4.78 is 20.8. The summed E-state index contributed by atoms with van der Waals surface area (Å²) in [5, 5.41) is 4.39. The van der Waals surface area contributed by atoms with E-state index in [2.05, 4.69) is 10.2 Å². The van der Waals surface area contributed by atoms with Gasteiger partial charge in [0.2, 0.25) is 0 Å². The van der Waals surface area contributed by atoms with E-state index >= 15 is 0 Å². The molecule has 2 aromatic carbocycles. The summed E-state index contributed by atoms with van der Waals surface area (Å²) in [4.78, 5) is 28.2. The minimum atomic E-state index is -0.684. The number of nitrogens with one attached hydrogen (secondary N) is 1. The smallest absolute Gasteiger partial charge is 0.263 e. The van der Waals surface area contributed by atoms with Gasteiger partial charge in [0.05, 0.1) is 11.1 Å². The SMILES string of the molecule is Cc1ccc(C(=O)NC2CC2)cc1-n1ccc2ccc(OCCN3CCC(F)CC3)cc2c1=O. The molecule has 1 N–H and O–H groups in total. The van der Waals surface area contributed by atoms with Crippen LogP contribution in [0.25, 0.3) is 16.5 Å². The first kappa shape index (κ1) is 22.6.